The quantitative estimate of drug-likeness (QED) is 0.280. The van der Waals surface area contributed by atoms with E-state index in [9.17, 15) is 39.6 Å². The number of cyclic esters (lactones) is 1. The molecule has 1 fully saturated rings. The van der Waals surface area contributed by atoms with E-state index in [0.717, 1.165) is 11.8 Å². The number of carbonyl (C=O) groups excluding carboxylic acids is 1. The summed E-state index contributed by atoms with van der Waals surface area (Å²) in [7, 11) is -2.18. The molecule has 1 saturated heterocycles. The molecule has 0 aliphatic carbocycles. The van der Waals surface area contributed by atoms with E-state index in [1.165, 1.54) is 37.1 Å². The fourth-order valence-electron chi connectivity index (χ4n) is 4.73. The third kappa shape index (κ3) is 6.29. The summed E-state index contributed by atoms with van der Waals surface area (Å²) >= 11 is 0. The number of rotatable bonds is 6. The summed E-state index contributed by atoms with van der Waals surface area (Å²) in [6.07, 6.45) is -11.4. The summed E-state index contributed by atoms with van der Waals surface area (Å²) in [5.74, 6) is 0.348. The lowest BCUT2D eigenvalue weighted by atomic mass is 9.95. The number of amides is 1. The fourth-order valence-corrected chi connectivity index (χ4v) is 5.38. The number of nitrogens with zero attached hydrogens (tertiary/aromatic N) is 1. The van der Waals surface area contributed by atoms with Crippen molar-refractivity contribution < 1.29 is 49.0 Å². The summed E-state index contributed by atoms with van der Waals surface area (Å²) in [5.41, 5.74) is -1.23. The number of hydrogen-bond donors (Lipinski definition) is 0. The van der Waals surface area contributed by atoms with Gasteiger partial charge in [0.05, 0.1) is 35.7 Å². The average molecular weight is 602 g/mol. The summed E-state index contributed by atoms with van der Waals surface area (Å²) in [5, 5.41) is 0. The number of sulfone groups is 1. The highest BCUT2D eigenvalue weighted by molar-refractivity contribution is 7.90. The predicted molar refractivity (Wildman–Crippen MR) is 137 cm³/mol. The highest BCUT2D eigenvalue weighted by Crippen LogP contribution is 2.42. The van der Waals surface area contributed by atoms with E-state index < -0.39 is 57.1 Å². The Morgan fingerprint density at radius 2 is 1.51 bits per heavy atom. The van der Waals surface area contributed by atoms with Crippen molar-refractivity contribution in [1.82, 2.24) is 4.90 Å². The second-order valence-electron chi connectivity index (χ2n) is 9.81. The number of methoxy groups -OCH3 is 1. The molecular weight excluding hydrogens is 576 g/mol. The fraction of sp³-hybridized carbons (Fsp3) is 0.321. The van der Waals surface area contributed by atoms with Crippen LogP contribution in [0.1, 0.15) is 40.8 Å². The van der Waals surface area contributed by atoms with Crippen LogP contribution in [0, 0.1) is 6.92 Å². The van der Waals surface area contributed by atoms with Gasteiger partial charge < -0.3 is 9.47 Å². The largest absolute Gasteiger partial charge is 0.496 e. The van der Waals surface area contributed by atoms with E-state index in [-0.39, 0.29) is 17.5 Å². The zero-order valence-electron chi connectivity index (χ0n) is 22.2. The standard InChI is InChI=1S/C28H25F6NO5S/c1-15-5-7-22(23-13-21(41(4,37)38)6-8-24(23)39-3)18(9-15)14-35-16(2)25(40-26(35)36)17-10-19(27(29,30)31)12-20(11-17)28(32,33)34/h5-13,16,25H,14H2,1-4H3/t16-,25-/m0/s1. The summed E-state index contributed by atoms with van der Waals surface area (Å²) in [6, 6.07) is 9.68. The lowest BCUT2D eigenvalue weighted by molar-refractivity contribution is -0.143. The first-order valence-corrected chi connectivity index (χ1v) is 14.0. The third-order valence-corrected chi connectivity index (χ3v) is 7.93. The van der Waals surface area contributed by atoms with Gasteiger partial charge in [0.2, 0.25) is 0 Å². The molecule has 3 aromatic rings. The Labute approximate surface area is 232 Å². The van der Waals surface area contributed by atoms with E-state index in [1.807, 2.05) is 0 Å². The average Bonchev–Trinajstić information content (AvgIpc) is 3.15. The molecule has 0 spiro atoms. The Kier molecular flexibility index (Phi) is 7.80. The van der Waals surface area contributed by atoms with Crippen LogP contribution in [0.2, 0.25) is 0 Å². The van der Waals surface area contributed by atoms with Crippen molar-refractivity contribution in [1.29, 1.82) is 0 Å². The van der Waals surface area contributed by atoms with Crippen LogP contribution < -0.4 is 4.74 Å². The normalized spacial score (nSPS) is 18.0. The molecule has 6 nitrogen and oxygen atoms in total. The molecule has 41 heavy (non-hydrogen) atoms. The number of ether oxygens (including phenoxy) is 2. The smallest absolute Gasteiger partial charge is 0.416 e. The molecular formula is C28H25F6NO5S. The monoisotopic (exact) mass is 601 g/mol. The van der Waals surface area contributed by atoms with E-state index in [0.29, 0.717) is 34.6 Å². The lowest BCUT2D eigenvalue weighted by Gasteiger charge is -2.24. The van der Waals surface area contributed by atoms with Gasteiger partial charge in [-0.15, -0.1) is 0 Å². The predicted octanol–water partition coefficient (Wildman–Crippen LogP) is 7.19. The summed E-state index contributed by atoms with van der Waals surface area (Å²) in [6.45, 7) is 3.11. The first kappa shape index (κ1) is 30.2. The lowest BCUT2D eigenvalue weighted by Crippen LogP contribution is -2.31. The van der Waals surface area contributed by atoms with E-state index in [2.05, 4.69) is 0 Å². The molecule has 0 N–H and O–H groups in total. The Bertz CT molecular complexity index is 1570. The van der Waals surface area contributed by atoms with Crippen LogP contribution in [-0.2, 0) is 33.5 Å². The maximum absolute atomic E-state index is 13.4. The van der Waals surface area contributed by atoms with Gasteiger partial charge >= 0.3 is 18.4 Å². The molecule has 1 heterocycles. The topological polar surface area (TPSA) is 72.9 Å². The number of carbonyl (C=O) groups is 1. The van der Waals surface area contributed by atoms with Gasteiger partial charge in [0, 0.05) is 11.8 Å². The maximum atomic E-state index is 13.4. The van der Waals surface area contributed by atoms with Crippen molar-refractivity contribution in [3.8, 4) is 16.9 Å². The highest BCUT2D eigenvalue weighted by atomic mass is 32.2. The molecule has 13 heteroatoms. The van der Waals surface area contributed by atoms with Crippen molar-refractivity contribution in [2.45, 2.75) is 49.8 Å². The van der Waals surface area contributed by atoms with E-state index in [4.69, 9.17) is 9.47 Å². The molecule has 220 valence electrons. The number of halogens is 6. The van der Waals surface area contributed by atoms with Crippen LogP contribution in [0.25, 0.3) is 11.1 Å². The summed E-state index contributed by atoms with van der Waals surface area (Å²) in [4.78, 5) is 14.2. The molecule has 1 aliphatic heterocycles. The second kappa shape index (κ2) is 10.6. The zero-order valence-corrected chi connectivity index (χ0v) is 23.0. The van der Waals surface area contributed by atoms with Crippen LogP contribution in [0.4, 0.5) is 31.1 Å². The molecule has 0 radical (unpaired) electrons. The minimum absolute atomic E-state index is 0.0136. The maximum Gasteiger partial charge on any atom is 0.416 e. The van der Waals surface area contributed by atoms with Gasteiger partial charge in [-0.05, 0) is 66.9 Å². The number of aryl methyl sites for hydroxylation is 1. The highest BCUT2D eigenvalue weighted by Gasteiger charge is 2.43. The minimum atomic E-state index is -5.06. The Morgan fingerprint density at radius 3 is 2.05 bits per heavy atom. The van der Waals surface area contributed by atoms with Crippen LogP contribution >= 0.6 is 0 Å². The first-order chi connectivity index (χ1) is 18.9. The molecule has 3 aromatic carbocycles. The Balaban J connectivity index is 1.76. The SMILES string of the molecule is COc1ccc(S(C)(=O)=O)cc1-c1ccc(C)cc1CN1C(=O)O[C@H](c2cc(C(F)(F)F)cc(C(F)(F)F)c2)[C@@H]1C. The van der Waals surface area contributed by atoms with Crippen LogP contribution in [-0.4, -0.2) is 38.8 Å². The Hall–Kier alpha value is -3.74. The van der Waals surface area contributed by atoms with Gasteiger partial charge in [0.15, 0.2) is 9.84 Å². The molecule has 0 aromatic heterocycles. The van der Waals surface area contributed by atoms with Crippen molar-refractivity contribution in [2.24, 2.45) is 0 Å². The van der Waals surface area contributed by atoms with E-state index >= 15 is 0 Å². The molecule has 0 unspecified atom stereocenters. The molecule has 1 amide bonds. The van der Waals surface area contributed by atoms with Crippen molar-refractivity contribution >= 4 is 15.9 Å². The third-order valence-electron chi connectivity index (χ3n) is 6.82. The van der Waals surface area contributed by atoms with Gasteiger partial charge in [-0.1, -0.05) is 23.8 Å². The van der Waals surface area contributed by atoms with Crippen LogP contribution in [0.3, 0.4) is 0 Å². The van der Waals surface area contributed by atoms with Gasteiger partial charge in [0.1, 0.15) is 11.9 Å². The van der Waals surface area contributed by atoms with Gasteiger partial charge in [-0.2, -0.15) is 26.3 Å². The molecule has 0 bridgehead atoms. The van der Waals surface area contributed by atoms with Crippen molar-refractivity contribution in [3.63, 3.8) is 0 Å². The number of hydrogen-bond acceptors (Lipinski definition) is 5. The zero-order chi connectivity index (χ0) is 30.5. The van der Waals surface area contributed by atoms with Crippen molar-refractivity contribution in [2.75, 3.05) is 13.4 Å². The first-order valence-electron chi connectivity index (χ1n) is 12.1. The second-order valence-corrected chi connectivity index (χ2v) is 11.8. The molecule has 1 aliphatic rings. The minimum Gasteiger partial charge on any atom is -0.496 e. The molecule has 0 saturated carbocycles. The van der Waals surface area contributed by atoms with Crippen LogP contribution in [0.15, 0.2) is 59.5 Å². The van der Waals surface area contributed by atoms with Gasteiger partial charge in [-0.3, -0.25) is 4.90 Å². The van der Waals surface area contributed by atoms with Crippen molar-refractivity contribution in [3.05, 3.63) is 82.4 Å². The van der Waals surface area contributed by atoms with E-state index in [1.54, 1.807) is 25.1 Å². The Morgan fingerprint density at radius 1 is 0.902 bits per heavy atom. The van der Waals surface area contributed by atoms with Gasteiger partial charge in [-0.25, -0.2) is 13.2 Å². The molecule has 2 atom stereocenters. The molecule has 4 rings (SSSR count). The number of alkyl halides is 6. The van der Waals surface area contributed by atoms with Crippen LogP contribution in [0.5, 0.6) is 5.75 Å². The number of benzene rings is 3. The summed E-state index contributed by atoms with van der Waals surface area (Å²) < 4.78 is 116. The van der Waals surface area contributed by atoms with Gasteiger partial charge in [0.25, 0.3) is 0 Å².